The van der Waals surface area contributed by atoms with E-state index in [9.17, 15) is 10.1 Å². The van der Waals surface area contributed by atoms with E-state index in [0.717, 1.165) is 13.0 Å². The lowest BCUT2D eigenvalue weighted by Crippen LogP contribution is -2.02. The first kappa shape index (κ1) is 13.0. The molecular weight excluding hydrogens is 220 g/mol. The SMILES string of the molecule is C=CCOc1cc(NCCC)cc([N+](=O)[O-])c1. The molecule has 0 aliphatic carbocycles. The average Bonchev–Trinajstić information content (AvgIpc) is 2.33. The van der Waals surface area contributed by atoms with E-state index in [2.05, 4.69) is 11.9 Å². The van der Waals surface area contributed by atoms with Gasteiger partial charge in [-0.25, -0.2) is 0 Å². The van der Waals surface area contributed by atoms with E-state index >= 15 is 0 Å². The van der Waals surface area contributed by atoms with E-state index in [4.69, 9.17) is 4.74 Å². The van der Waals surface area contributed by atoms with Crippen molar-refractivity contribution >= 4 is 11.4 Å². The number of anilines is 1. The van der Waals surface area contributed by atoms with Crippen LogP contribution in [0.3, 0.4) is 0 Å². The zero-order chi connectivity index (χ0) is 12.7. The number of nitrogens with one attached hydrogen (secondary N) is 1. The van der Waals surface area contributed by atoms with Crippen molar-refractivity contribution in [3.05, 3.63) is 41.0 Å². The number of nitrogens with zero attached hydrogens (tertiary/aromatic N) is 1. The molecule has 5 nitrogen and oxygen atoms in total. The van der Waals surface area contributed by atoms with Gasteiger partial charge in [-0.2, -0.15) is 0 Å². The van der Waals surface area contributed by atoms with Crippen LogP contribution in [0.15, 0.2) is 30.9 Å². The first-order valence-corrected chi connectivity index (χ1v) is 5.44. The smallest absolute Gasteiger partial charge is 0.275 e. The molecule has 17 heavy (non-hydrogen) atoms. The normalized spacial score (nSPS) is 9.71. The maximum absolute atomic E-state index is 10.8. The van der Waals surface area contributed by atoms with Crippen LogP contribution in [0.2, 0.25) is 0 Å². The van der Waals surface area contributed by atoms with Gasteiger partial charge in [-0.3, -0.25) is 10.1 Å². The highest BCUT2D eigenvalue weighted by atomic mass is 16.6. The first-order valence-electron chi connectivity index (χ1n) is 5.44. The highest BCUT2D eigenvalue weighted by Gasteiger charge is 2.10. The summed E-state index contributed by atoms with van der Waals surface area (Å²) < 4.78 is 5.30. The highest BCUT2D eigenvalue weighted by molar-refractivity contribution is 5.56. The Balaban J connectivity index is 2.91. The molecule has 92 valence electrons. The molecule has 0 radical (unpaired) electrons. The lowest BCUT2D eigenvalue weighted by atomic mass is 10.2. The maximum atomic E-state index is 10.8. The third-order valence-electron chi connectivity index (χ3n) is 2.05. The molecule has 0 bridgehead atoms. The summed E-state index contributed by atoms with van der Waals surface area (Å²) in [7, 11) is 0. The molecule has 5 heteroatoms. The summed E-state index contributed by atoms with van der Waals surface area (Å²) in [6.45, 7) is 6.65. The fourth-order valence-corrected chi connectivity index (χ4v) is 1.30. The van der Waals surface area contributed by atoms with E-state index in [0.29, 0.717) is 18.0 Å². The monoisotopic (exact) mass is 236 g/mol. The molecule has 0 atom stereocenters. The molecule has 0 spiro atoms. The standard InChI is InChI=1S/C12H16N2O3/c1-3-5-13-10-7-11(14(15)16)9-12(8-10)17-6-4-2/h4,7-9,13H,2-3,5-6H2,1H3. The van der Waals surface area contributed by atoms with Gasteiger partial charge in [-0.1, -0.05) is 19.6 Å². The number of hydrogen-bond acceptors (Lipinski definition) is 4. The summed E-state index contributed by atoms with van der Waals surface area (Å²) in [5.41, 5.74) is 0.713. The van der Waals surface area contributed by atoms with E-state index in [1.807, 2.05) is 6.92 Å². The second-order valence-corrected chi connectivity index (χ2v) is 3.50. The molecule has 1 N–H and O–H groups in total. The predicted molar refractivity (Wildman–Crippen MR) is 67.6 cm³/mol. The van der Waals surface area contributed by atoms with Crippen LogP contribution in [0.5, 0.6) is 5.75 Å². The van der Waals surface area contributed by atoms with Gasteiger partial charge in [0, 0.05) is 24.4 Å². The van der Waals surface area contributed by atoms with Crippen molar-refractivity contribution in [2.45, 2.75) is 13.3 Å². The number of ether oxygens (including phenoxy) is 1. The Hall–Kier alpha value is -2.04. The van der Waals surface area contributed by atoms with Gasteiger partial charge in [0.15, 0.2) is 0 Å². The van der Waals surface area contributed by atoms with Crippen LogP contribution in [0, 0.1) is 10.1 Å². The van der Waals surface area contributed by atoms with Crippen LogP contribution in [-0.4, -0.2) is 18.1 Å². The summed E-state index contributed by atoms with van der Waals surface area (Å²) in [5, 5.41) is 13.9. The number of hydrogen-bond donors (Lipinski definition) is 1. The van der Waals surface area contributed by atoms with Gasteiger partial charge in [0.25, 0.3) is 5.69 Å². The van der Waals surface area contributed by atoms with Gasteiger partial charge in [0.1, 0.15) is 12.4 Å². The Bertz CT molecular complexity index is 405. The number of nitro benzene ring substituents is 1. The Morgan fingerprint density at radius 1 is 1.53 bits per heavy atom. The van der Waals surface area contributed by atoms with Crippen LogP contribution >= 0.6 is 0 Å². The molecule has 0 saturated heterocycles. The van der Waals surface area contributed by atoms with Crippen molar-refractivity contribution in [2.75, 3.05) is 18.5 Å². The van der Waals surface area contributed by atoms with Crippen molar-refractivity contribution in [1.29, 1.82) is 0 Å². The van der Waals surface area contributed by atoms with Crippen molar-refractivity contribution in [3.63, 3.8) is 0 Å². The molecule has 0 aromatic heterocycles. The minimum Gasteiger partial charge on any atom is -0.489 e. The van der Waals surface area contributed by atoms with Gasteiger partial charge in [-0.05, 0) is 6.42 Å². The van der Waals surface area contributed by atoms with Crippen LogP contribution < -0.4 is 10.1 Å². The molecule has 1 aromatic rings. The molecule has 1 aromatic carbocycles. The largest absolute Gasteiger partial charge is 0.489 e. The van der Waals surface area contributed by atoms with Crippen molar-refractivity contribution < 1.29 is 9.66 Å². The van der Waals surface area contributed by atoms with Crippen molar-refractivity contribution in [1.82, 2.24) is 0 Å². The molecule has 0 heterocycles. The molecule has 0 unspecified atom stereocenters. The zero-order valence-corrected chi connectivity index (χ0v) is 9.81. The minimum absolute atomic E-state index is 0.0187. The van der Waals surface area contributed by atoms with Crippen LogP contribution in [0.4, 0.5) is 11.4 Å². The minimum atomic E-state index is -0.433. The molecule has 0 amide bonds. The van der Waals surface area contributed by atoms with Gasteiger partial charge in [0.2, 0.25) is 0 Å². The second-order valence-electron chi connectivity index (χ2n) is 3.50. The van der Waals surface area contributed by atoms with Crippen molar-refractivity contribution in [3.8, 4) is 5.75 Å². The van der Waals surface area contributed by atoms with Gasteiger partial charge >= 0.3 is 0 Å². The lowest BCUT2D eigenvalue weighted by Gasteiger charge is -2.08. The van der Waals surface area contributed by atoms with Crippen molar-refractivity contribution in [2.24, 2.45) is 0 Å². The average molecular weight is 236 g/mol. The Kier molecular flexibility index (Phi) is 5.00. The zero-order valence-electron chi connectivity index (χ0n) is 9.81. The fraction of sp³-hybridized carbons (Fsp3) is 0.333. The molecular formula is C12H16N2O3. The first-order chi connectivity index (χ1) is 8.17. The summed E-state index contributed by atoms with van der Waals surface area (Å²) >= 11 is 0. The number of non-ortho nitro benzene ring substituents is 1. The third-order valence-corrected chi connectivity index (χ3v) is 2.05. The molecule has 0 fully saturated rings. The number of rotatable bonds is 7. The summed E-state index contributed by atoms with van der Waals surface area (Å²) in [4.78, 5) is 10.3. The van der Waals surface area contributed by atoms with Crippen LogP contribution in [0.1, 0.15) is 13.3 Å². The lowest BCUT2D eigenvalue weighted by molar-refractivity contribution is -0.384. The van der Waals surface area contributed by atoms with Gasteiger partial charge in [-0.15, -0.1) is 0 Å². The molecule has 0 aliphatic rings. The molecule has 0 saturated carbocycles. The van der Waals surface area contributed by atoms with E-state index in [1.54, 1.807) is 12.1 Å². The second kappa shape index (κ2) is 6.52. The van der Waals surface area contributed by atoms with Gasteiger partial charge < -0.3 is 10.1 Å². The highest BCUT2D eigenvalue weighted by Crippen LogP contribution is 2.26. The maximum Gasteiger partial charge on any atom is 0.275 e. The quantitative estimate of drug-likeness (QED) is 0.449. The number of benzene rings is 1. The summed E-state index contributed by atoms with van der Waals surface area (Å²) in [6, 6.07) is 4.64. The summed E-state index contributed by atoms with van der Waals surface area (Å²) in [6.07, 6.45) is 2.55. The van der Waals surface area contributed by atoms with E-state index < -0.39 is 4.92 Å². The van der Waals surface area contributed by atoms with E-state index in [-0.39, 0.29) is 5.69 Å². The van der Waals surface area contributed by atoms with E-state index in [1.165, 1.54) is 12.1 Å². The fourth-order valence-electron chi connectivity index (χ4n) is 1.30. The predicted octanol–water partition coefficient (Wildman–Crippen LogP) is 2.98. The summed E-state index contributed by atoms with van der Waals surface area (Å²) in [5.74, 6) is 0.470. The Morgan fingerprint density at radius 2 is 2.29 bits per heavy atom. The molecule has 1 rings (SSSR count). The number of nitro groups is 1. The molecule has 0 aliphatic heterocycles. The topological polar surface area (TPSA) is 64.4 Å². The van der Waals surface area contributed by atoms with Gasteiger partial charge in [0.05, 0.1) is 11.0 Å². The van der Waals surface area contributed by atoms with Crippen LogP contribution in [0.25, 0.3) is 0 Å². The van der Waals surface area contributed by atoms with Crippen LogP contribution in [-0.2, 0) is 0 Å². The Labute approximate surface area is 100 Å². The third kappa shape index (κ3) is 4.14. The Morgan fingerprint density at radius 3 is 2.88 bits per heavy atom.